The van der Waals surface area contributed by atoms with Crippen molar-refractivity contribution in [1.82, 2.24) is 0 Å². The third-order valence-corrected chi connectivity index (χ3v) is 3.04. The second kappa shape index (κ2) is 6.55. The lowest BCUT2D eigenvalue weighted by Crippen LogP contribution is -2.09. The third-order valence-electron chi connectivity index (χ3n) is 3.04. The van der Waals surface area contributed by atoms with E-state index in [1.807, 2.05) is 18.2 Å². The molecule has 0 bridgehead atoms. The summed E-state index contributed by atoms with van der Waals surface area (Å²) in [5.74, 6) is 0. The van der Waals surface area contributed by atoms with Crippen molar-refractivity contribution in [2.75, 3.05) is 4.90 Å². The van der Waals surface area contributed by atoms with Gasteiger partial charge in [-0.2, -0.15) is 0 Å². The summed E-state index contributed by atoms with van der Waals surface area (Å²) in [6.07, 6.45) is 0. The number of hydrogen-bond donors (Lipinski definition) is 0. The first kappa shape index (κ1) is 13.8. The minimum absolute atomic E-state index is 0. The van der Waals surface area contributed by atoms with Gasteiger partial charge in [0.25, 0.3) is 0 Å². The molecule has 0 saturated carbocycles. The minimum atomic E-state index is 0. The Morgan fingerprint density at radius 2 is 0.650 bits per heavy atom. The Kier molecular flexibility index (Phi) is 4.53. The van der Waals surface area contributed by atoms with Gasteiger partial charge in [0.05, 0.1) is 0 Å². The van der Waals surface area contributed by atoms with Crippen LogP contribution >= 0.6 is 0 Å². The van der Waals surface area contributed by atoms with Crippen LogP contribution in [0.25, 0.3) is 0 Å². The highest BCUT2D eigenvalue weighted by Crippen LogP contribution is 2.33. The Hall–Kier alpha value is -2.58. The lowest BCUT2D eigenvalue weighted by Gasteiger charge is -2.25. The molecule has 0 heterocycles. The molecule has 0 unspecified atom stereocenters. The molecule has 0 radical (unpaired) electrons. The smallest absolute Gasteiger partial charge is 0.0461 e. The van der Waals surface area contributed by atoms with Gasteiger partial charge in [-0.05, 0) is 36.4 Å². The molecule has 0 saturated heterocycles. The van der Waals surface area contributed by atoms with Crippen LogP contribution in [0.4, 0.5) is 17.1 Å². The lowest BCUT2D eigenvalue weighted by atomic mass is 10.2. The normalized spacial score (nSPS) is 9.60. The van der Waals surface area contributed by atoms with Crippen molar-refractivity contribution in [1.29, 1.82) is 0 Å². The van der Waals surface area contributed by atoms with Crippen LogP contribution in [-0.2, 0) is 0 Å². The Bertz CT molecular complexity index is 529. The highest BCUT2D eigenvalue weighted by molar-refractivity contribution is 5.76. The van der Waals surface area contributed by atoms with E-state index >= 15 is 0 Å². The van der Waals surface area contributed by atoms with Crippen molar-refractivity contribution in [3.63, 3.8) is 0 Å². The molecule has 0 fully saturated rings. The average molecular weight is 263 g/mol. The third kappa shape index (κ3) is 2.87. The first-order valence-corrected chi connectivity index (χ1v) is 6.40. The van der Waals surface area contributed by atoms with Gasteiger partial charge >= 0.3 is 0 Å². The molecule has 100 valence electrons. The molecule has 2 N–H and O–H groups in total. The fourth-order valence-corrected chi connectivity index (χ4v) is 2.18. The van der Waals surface area contributed by atoms with Crippen LogP contribution in [0, 0.1) is 0 Å². The monoisotopic (exact) mass is 263 g/mol. The number of nitrogens with zero attached hydrogens (tertiary/aromatic N) is 1. The summed E-state index contributed by atoms with van der Waals surface area (Å²) in [6.45, 7) is 0. The van der Waals surface area contributed by atoms with E-state index < -0.39 is 0 Å². The van der Waals surface area contributed by atoms with Gasteiger partial charge in [0, 0.05) is 17.1 Å². The standard InChI is InChI=1S/C18H15N.H2O/c1-4-10-16(11-5-1)19(17-12-6-2-7-13-17)18-14-8-3-9-15-18;/h1-15H;1H2. The summed E-state index contributed by atoms with van der Waals surface area (Å²) in [5, 5.41) is 0. The predicted molar refractivity (Wildman–Crippen MR) is 84.7 cm³/mol. The van der Waals surface area contributed by atoms with Crippen LogP contribution in [-0.4, -0.2) is 5.48 Å². The molecule has 0 aromatic heterocycles. The fourth-order valence-electron chi connectivity index (χ4n) is 2.18. The maximum atomic E-state index is 2.25. The van der Waals surface area contributed by atoms with Gasteiger partial charge in [0.1, 0.15) is 0 Å². The highest BCUT2D eigenvalue weighted by atomic mass is 16.0. The predicted octanol–water partition coefficient (Wildman–Crippen LogP) is 4.33. The molecule has 3 aromatic carbocycles. The van der Waals surface area contributed by atoms with Gasteiger partial charge in [0.15, 0.2) is 0 Å². The Balaban J connectivity index is 0.00000147. The molecule has 0 amide bonds. The fraction of sp³-hybridized carbons (Fsp3) is 0. The first-order chi connectivity index (χ1) is 9.45. The van der Waals surface area contributed by atoms with Crippen LogP contribution in [0.1, 0.15) is 0 Å². The summed E-state index contributed by atoms with van der Waals surface area (Å²) in [5.41, 5.74) is 3.50. The zero-order chi connectivity index (χ0) is 12.9. The molecule has 0 aliphatic rings. The molecule has 0 spiro atoms. The molecule has 20 heavy (non-hydrogen) atoms. The van der Waals surface area contributed by atoms with E-state index in [1.54, 1.807) is 0 Å². The molecule has 2 heteroatoms. The Labute approximate surface area is 119 Å². The molecular formula is C18H17NO. The van der Waals surface area contributed by atoms with Crippen molar-refractivity contribution in [2.45, 2.75) is 0 Å². The van der Waals surface area contributed by atoms with Gasteiger partial charge in [-0.15, -0.1) is 0 Å². The number of anilines is 3. The van der Waals surface area contributed by atoms with Crippen LogP contribution in [0.3, 0.4) is 0 Å². The van der Waals surface area contributed by atoms with E-state index in [0.29, 0.717) is 0 Å². The SMILES string of the molecule is O.c1ccc(N(c2ccccc2)c2ccccc2)cc1. The van der Waals surface area contributed by atoms with E-state index in [-0.39, 0.29) is 5.48 Å². The van der Waals surface area contributed by atoms with Crippen LogP contribution in [0.5, 0.6) is 0 Å². The van der Waals surface area contributed by atoms with Crippen molar-refractivity contribution in [3.05, 3.63) is 91.0 Å². The van der Waals surface area contributed by atoms with Gasteiger partial charge in [-0.3, -0.25) is 0 Å². The summed E-state index contributed by atoms with van der Waals surface area (Å²) < 4.78 is 0. The number of rotatable bonds is 3. The quantitative estimate of drug-likeness (QED) is 0.692. The van der Waals surface area contributed by atoms with E-state index in [1.165, 1.54) is 17.1 Å². The maximum absolute atomic E-state index is 2.25. The maximum Gasteiger partial charge on any atom is 0.0461 e. The Morgan fingerprint density at radius 1 is 0.400 bits per heavy atom. The summed E-state index contributed by atoms with van der Waals surface area (Å²) in [7, 11) is 0. The van der Waals surface area contributed by atoms with Crippen molar-refractivity contribution in [3.8, 4) is 0 Å². The molecule has 3 aromatic rings. The second-order valence-electron chi connectivity index (χ2n) is 4.34. The summed E-state index contributed by atoms with van der Waals surface area (Å²) in [6, 6.07) is 31.3. The summed E-state index contributed by atoms with van der Waals surface area (Å²) in [4.78, 5) is 2.25. The average Bonchev–Trinajstić information content (AvgIpc) is 2.51. The second-order valence-corrected chi connectivity index (χ2v) is 4.34. The lowest BCUT2D eigenvalue weighted by molar-refractivity contribution is 0.824. The van der Waals surface area contributed by atoms with Crippen LogP contribution in [0.2, 0.25) is 0 Å². The van der Waals surface area contributed by atoms with E-state index in [4.69, 9.17) is 0 Å². The van der Waals surface area contributed by atoms with Crippen LogP contribution < -0.4 is 4.90 Å². The van der Waals surface area contributed by atoms with E-state index in [9.17, 15) is 0 Å². The molecule has 0 aliphatic heterocycles. The first-order valence-electron chi connectivity index (χ1n) is 6.40. The summed E-state index contributed by atoms with van der Waals surface area (Å²) >= 11 is 0. The number of hydrogen-bond acceptors (Lipinski definition) is 1. The molecule has 3 rings (SSSR count). The molecule has 2 nitrogen and oxygen atoms in total. The van der Waals surface area contributed by atoms with Gasteiger partial charge in [-0.25, -0.2) is 0 Å². The van der Waals surface area contributed by atoms with Crippen LogP contribution in [0.15, 0.2) is 91.0 Å². The number of benzene rings is 3. The zero-order valence-electron chi connectivity index (χ0n) is 11.1. The van der Waals surface area contributed by atoms with E-state index in [0.717, 1.165) is 0 Å². The minimum Gasteiger partial charge on any atom is -0.412 e. The van der Waals surface area contributed by atoms with Gasteiger partial charge < -0.3 is 10.4 Å². The van der Waals surface area contributed by atoms with Crippen molar-refractivity contribution in [2.24, 2.45) is 0 Å². The number of para-hydroxylation sites is 3. The topological polar surface area (TPSA) is 34.7 Å². The molecular weight excluding hydrogens is 246 g/mol. The van der Waals surface area contributed by atoms with Crippen molar-refractivity contribution >= 4 is 17.1 Å². The highest BCUT2D eigenvalue weighted by Gasteiger charge is 2.10. The largest absolute Gasteiger partial charge is 0.412 e. The molecule has 0 atom stereocenters. The Morgan fingerprint density at radius 3 is 0.900 bits per heavy atom. The van der Waals surface area contributed by atoms with Gasteiger partial charge in [-0.1, -0.05) is 54.6 Å². The molecule has 0 aliphatic carbocycles. The zero-order valence-corrected chi connectivity index (χ0v) is 11.1. The van der Waals surface area contributed by atoms with Gasteiger partial charge in [0.2, 0.25) is 0 Å². The van der Waals surface area contributed by atoms with Crippen molar-refractivity contribution < 1.29 is 5.48 Å². The van der Waals surface area contributed by atoms with E-state index in [2.05, 4.69) is 77.7 Å².